The second-order valence-corrected chi connectivity index (χ2v) is 6.71. The summed E-state index contributed by atoms with van der Waals surface area (Å²) in [6, 6.07) is 10.5. The Kier molecular flexibility index (Phi) is 5.27. The number of methoxy groups -OCH3 is 1. The van der Waals surface area contributed by atoms with Gasteiger partial charge in [-0.1, -0.05) is 24.0 Å². The third kappa shape index (κ3) is 4.26. The molecule has 0 saturated carbocycles. The van der Waals surface area contributed by atoms with Crippen molar-refractivity contribution in [3.8, 4) is 17.6 Å². The van der Waals surface area contributed by atoms with Crippen molar-refractivity contribution in [2.24, 2.45) is 0 Å². The van der Waals surface area contributed by atoms with Gasteiger partial charge in [-0.15, -0.1) is 0 Å². The number of para-hydroxylation sites is 1. The van der Waals surface area contributed by atoms with Gasteiger partial charge in [0.1, 0.15) is 11.3 Å². The van der Waals surface area contributed by atoms with Crippen LogP contribution in [0.15, 0.2) is 48.7 Å². The highest BCUT2D eigenvalue weighted by atomic mass is 19.1. The van der Waals surface area contributed by atoms with Crippen LogP contribution in [0.3, 0.4) is 0 Å². The summed E-state index contributed by atoms with van der Waals surface area (Å²) in [6.07, 6.45) is 1.32. The van der Waals surface area contributed by atoms with Gasteiger partial charge in [0, 0.05) is 17.1 Å². The first-order valence-electron chi connectivity index (χ1n) is 8.52. The topological polar surface area (TPSA) is 51.2 Å². The molecule has 2 aromatic carbocycles. The number of rotatable bonds is 3. The number of hydrogen-bond acceptors (Lipinski definition) is 3. The molecule has 0 saturated heterocycles. The number of ether oxygens (including phenoxy) is 1. The monoisotopic (exact) mass is 380 g/mol. The van der Waals surface area contributed by atoms with E-state index in [2.05, 4.69) is 22.1 Å². The molecule has 0 aliphatic heterocycles. The Labute approximate surface area is 161 Å². The minimum absolute atomic E-state index is 0.137. The summed E-state index contributed by atoms with van der Waals surface area (Å²) in [7, 11) is 1.39. The maximum Gasteiger partial charge on any atom is 0.254 e. The Morgan fingerprint density at radius 3 is 2.64 bits per heavy atom. The van der Waals surface area contributed by atoms with Crippen LogP contribution >= 0.6 is 0 Å². The molecule has 0 aliphatic rings. The van der Waals surface area contributed by atoms with E-state index in [1.54, 1.807) is 38.1 Å². The Hall–Kier alpha value is -3.46. The predicted molar refractivity (Wildman–Crippen MR) is 103 cm³/mol. The van der Waals surface area contributed by atoms with Gasteiger partial charge in [-0.3, -0.25) is 9.78 Å². The average Bonchev–Trinajstić information content (AvgIpc) is 2.66. The molecule has 142 valence electrons. The fourth-order valence-electron chi connectivity index (χ4n) is 2.61. The summed E-state index contributed by atoms with van der Waals surface area (Å²) in [5.74, 6) is 4.56. The maximum absolute atomic E-state index is 13.8. The first kappa shape index (κ1) is 19.3. The Morgan fingerprint density at radius 1 is 1.14 bits per heavy atom. The zero-order valence-electron chi connectivity index (χ0n) is 15.6. The summed E-state index contributed by atoms with van der Waals surface area (Å²) in [5, 5.41) is 3.33. The predicted octanol–water partition coefficient (Wildman–Crippen LogP) is 4.08. The minimum atomic E-state index is -0.885. The molecule has 6 heteroatoms. The van der Waals surface area contributed by atoms with Crippen molar-refractivity contribution in [3.63, 3.8) is 0 Å². The fourth-order valence-corrected chi connectivity index (χ4v) is 2.61. The molecular formula is C22H18F2N2O2. The van der Waals surface area contributed by atoms with Gasteiger partial charge in [0.25, 0.3) is 5.91 Å². The number of aromatic nitrogens is 1. The van der Waals surface area contributed by atoms with Crippen LogP contribution < -0.4 is 10.1 Å². The van der Waals surface area contributed by atoms with Gasteiger partial charge < -0.3 is 10.1 Å². The van der Waals surface area contributed by atoms with Crippen molar-refractivity contribution in [1.82, 2.24) is 10.3 Å². The highest BCUT2D eigenvalue weighted by Crippen LogP contribution is 2.18. The first-order chi connectivity index (χ1) is 13.3. The van der Waals surface area contributed by atoms with Gasteiger partial charge in [-0.05, 0) is 44.2 Å². The van der Waals surface area contributed by atoms with E-state index in [0.717, 1.165) is 0 Å². The zero-order valence-corrected chi connectivity index (χ0v) is 15.6. The largest absolute Gasteiger partial charge is 0.494 e. The summed E-state index contributed by atoms with van der Waals surface area (Å²) in [6.45, 7) is 3.46. The highest BCUT2D eigenvalue weighted by Gasteiger charge is 2.19. The third-order valence-corrected chi connectivity index (χ3v) is 4.02. The number of nitrogens with one attached hydrogen (secondary N) is 1. The minimum Gasteiger partial charge on any atom is -0.494 e. The molecule has 0 spiro atoms. The molecule has 0 fully saturated rings. The molecule has 0 atom stereocenters. The number of nitrogens with zero attached hydrogens (tertiary/aromatic N) is 1. The number of pyridine rings is 1. The van der Waals surface area contributed by atoms with Crippen LogP contribution in [0, 0.1) is 23.5 Å². The zero-order chi connectivity index (χ0) is 20.3. The van der Waals surface area contributed by atoms with Gasteiger partial charge in [-0.2, -0.15) is 0 Å². The van der Waals surface area contributed by atoms with E-state index in [0.29, 0.717) is 16.5 Å². The smallest absolute Gasteiger partial charge is 0.254 e. The number of benzene rings is 2. The van der Waals surface area contributed by atoms with Crippen molar-refractivity contribution in [2.75, 3.05) is 7.11 Å². The van der Waals surface area contributed by atoms with Crippen LogP contribution in [0.2, 0.25) is 0 Å². The molecule has 1 heterocycles. The Balaban J connectivity index is 1.79. The summed E-state index contributed by atoms with van der Waals surface area (Å²) >= 11 is 0. The number of carbonyl (C=O) groups excluding carboxylic acids is 1. The van der Waals surface area contributed by atoms with Crippen molar-refractivity contribution in [3.05, 3.63) is 71.4 Å². The number of amides is 1. The number of carbonyl (C=O) groups is 1. The SMILES string of the molecule is COc1ccc(C#CC(C)(C)NC(=O)c2cnc3c(F)cccc3c2)cc1F. The van der Waals surface area contributed by atoms with Crippen LogP contribution in [0.25, 0.3) is 10.9 Å². The lowest BCUT2D eigenvalue weighted by Crippen LogP contribution is -2.42. The molecule has 4 nitrogen and oxygen atoms in total. The lowest BCUT2D eigenvalue weighted by molar-refractivity contribution is 0.0929. The van der Waals surface area contributed by atoms with Crippen molar-refractivity contribution in [2.45, 2.75) is 19.4 Å². The van der Waals surface area contributed by atoms with E-state index < -0.39 is 17.2 Å². The Bertz CT molecular complexity index is 1110. The first-order valence-corrected chi connectivity index (χ1v) is 8.52. The van der Waals surface area contributed by atoms with E-state index in [4.69, 9.17) is 4.74 Å². The fraction of sp³-hybridized carbons (Fsp3) is 0.182. The van der Waals surface area contributed by atoms with Gasteiger partial charge in [0.2, 0.25) is 0 Å². The quantitative estimate of drug-likeness (QED) is 0.697. The summed E-state index contributed by atoms with van der Waals surface area (Å²) in [5.41, 5.74) is 0.0799. The lowest BCUT2D eigenvalue weighted by Gasteiger charge is -2.20. The van der Waals surface area contributed by atoms with E-state index in [-0.39, 0.29) is 17.2 Å². The van der Waals surface area contributed by atoms with E-state index in [1.807, 2.05) is 0 Å². The van der Waals surface area contributed by atoms with Crippen LogP contribution in [0.4, 0.5) is 8.78 Å². The van der Waals surface area contributed by atoms with Crippen molar-refractivity contribution in [1.29, 1.82) is 0 Å². The van der Waals surface area contributed by atoms with Gasteiger partial charge >= 0.3 is 0 Å². The van der Waals surface area contributed by atoms with Crippen LogP contribution in [0.1, 0.15) is 29.8 Å². The summed E-state index contributed by atoms with van der Waals surface area (Å²) in [4.78, 5) is 16.6. The molecule has 3 aromatic rings. The maximum atomic E-state index is 13.8. The molecule has 1 N–H and O–H groups in total. The lowest BCUT2D eigenvalue weighted by atomic mass is 10.0. The second-order valence-electron chi connectivity index (χ2n) is 6.71. The molecule has 1 aromatic heterocycles. The van der Waals surface area contributed by atoms with E-state index in [1.165, 1.54) is 31.5 Å². The molecule has 0 aliphatic carbocycles. The molecule has 0 radical (unpaired) electrons. The van der Waals surface area contributed by atoms with Crippen molar-refractivity contribution >= 4 is 16.8 Å². The molecule has 1 amide bonds. The molecule has 0 unspecified atom stereocenters. The highest BCUT2D eigenvalue weighted by molar-refractivity contribution is 5.97. The standard InChI is InChI=1S/C22H18F2N2O2/c1-22(2,10-9-14-7-8-19(28-3)18(24)11-14)26-21(27)16-12-15-5-4-6-17(23)20(15)25-13-16/h4-8,11-13H,1-3H3,(H,26,27). The van der Waals surface area contributed by atoms with Crippen LogP contribution in [0.5, 0.6) is 5.75 Å². The summed E-state index contributed by atoms with van der Waals surface area (Å²) < 4.78 is 32.3. The molecule has 0 bridgehead atoms. The van der Waals surface area contributed by atoms with Crippen molar-refractivity contribution < 1.29 is 18.3 Å². The normalized spacial score (nSPS) is 10.9. The average molecular weight is 380 g/mol. The van der Waals surface area contributed by atoms with Gasteiger partial charge in [0.15, 0.2) is 11.6 Å². The van der Waals surface area contributed by atoms with E-state index >= 15 is 0 Å². The molecular weight excluding hydrogens is 362 g/mol. The van der Waals surface area contributed by atoms with Gasteiger partial charge in [0.05, 0.1) is 18.2 Å². The molecule has 28 heavy (non-hydrogen) atoms. The number of halogens is 2. The van der Waals surface area contributed by atoms with E-state index in [9.17, 15) is 13.6 Å². The molecule has 3 rings (SSSR count). The Morgan fingerprint density at radius 2 is 1.93 bits per heavy atom. The van der Waals surface area contributed by atoms with Crippen LogP contribution in [-0.4, -0.2) is 23.5 Å². The number of fused-ring (bicyclic) bond motifs is 1. The number of hydrogen-bond donors (Lipinski definition) is 1. The third-order valence-electron chi connectivity index (χ3n) is 4.02. The second kappa shape index (κ2) is 7.65. The van der Waals surface area contributed by atoms with Gasteiger partial charge in [-0.25, -0.2) is 8.78 Å². The van der Waals surface area contributed by atoms with Crippen LogP contribution in [-0.2, 0) is 0 Å².